The number of carbonyl (C=O) groups is 6. The highest BCUT2D eigenvalue weighted by Gasteiger charge is 2.23. The fraction of sp³-hybridized carbons (Fsp3) is 0.250. The van der Waals surface area contributed by atoms with Crippen molar-refractivity contribution in [3.63, 3.8) is 0 Å². The van der Waals surface area contributed by atoms with E-state index < -0.39 is 30.3 Å². The van der Waals surface area contributed by atoms with Gasteiger partial charge in [0.1, 0.15) is 25.7 Å². The van der Waals surface area contributed by atoms with Crippen molar-refractivity contribution in [3.05, 3.63) is 60.2 Å². The van der Waals surface area contributed by atoms with Gasteiger partial charge in [-0.05, 0) is 24.1 Å². The normalized spacial score (nSPS) is 11.0. The Balaban J connectivity index is 2.18. The third-order valence-corrected chi connectivity index (χ3v) is 4.80. The van der Waals surface area contributed by atoms with Crippen LogP contribution in [-0.2, 0) is 35.2 Å². The van der Waals surface area contributed by atoms with Gasteiger partial charge >= 0.3 is 0 Å². The molecule has 0 bridgehead atoms. The summed E-state index contributed by atoms with van der Waals surface area (Å²) in [5.41, 5.74) is 1.31. The number of anilines is 2. The fourth-order valence-electron chi connectivity index (χ4n) is 3.24. The summed E-state index contributed by atoms with van der Waals surface area (Å²) in [6, 6.07) is 14.6. The molecular formula is C24H26N4O6. The van der Waals surface area contributed by atoms with E-state index in [1.54, 1.807) is 12.1 Å². The molecule has 34 heavy (non-hydrogen) atoms. The third-order valence-electron chi connectivity index (χ3n) is 4.80. The van der Waals surface area contributed by atoms with Crippen molar-refractivity contribution < 1.29 is 28.8 Å². The summed E-state index contributed by atoms with van der Waals surface area (Å²) >= 11 is 0. The van der Waals surface area contributed by atoms with Crippen LogP contribution < -0.4 is 20.4 Å². The largest absolute Gasteiger partial charge is 0.348 e. The zero-order valence-electron chi connectivity index (χ0n) is 18.7. The molecule has 4 amide bonds. The molecule has 2 N–H and O–H groups in total. The van der Waals surface area contributed by atoms with Gasteiger partial charge in [-0.2, -0.15) is 0 Å². The fourth-order valence-corrected chi connectivity index (χ4v) is 3.24. The van der Waals surface area contributed by atoms with Crippen LogP contribution in [0.3, 0.4) is 0 Å². The summed E-state index contributed by atoms with van der Waals surface area (Å²) in [6.07, 6.45) is 1.86. The minimum Gasteiger partial charge on any atom is -0.348 e. The molecule has 0 aliphatic heterocycles. The highest BCUT2D eigenvalue weighted by atomic mass is 16.2. The Morgan fingerprint density at radius 2 is 1.53 bits per heavy atom. The van der Waals surface area contributed by atoms with E-state index in [1.165, 1.54) is 19.1 Å². The molecule has 2 aromatic carbocycles. The summed E-state index contributed by atoms with van der Waals surface area (Å²) in [7, 11) is 0. The van der Waals surface area contributed by atoms with Crippen LogP contribution in [0.2, 0.25) is 0 Å². The second-order valence-corrected chi connectivity index (χ2v) is 7.30. The van der Waals surface area contributed by atoms with Crippen molar-refractivity contribution in [2.24, 2.45) is 0 Å². The van der Waals surface area contributed by atoms with Crippen LogP contribution in [0.25, 0.3) is 0 Å². The number of hydrogen-bond donors (Lipinski definition) is 2. The number of nitrogens with zero attached hydrogens (tertiary/aromatic N) is 2. The Morgan fingerprint density at radius 1 is 0.882 bits per heavy atom. The Morgan fingerprint density at radius 3 is 2.12 bits per heavy atom. The lowest BCUT2D eigenvalue weighted by Crippen LogP contribution is -2.44. The van der Waals surface area contributed by atoms with Crippen LogP contribution in [0.5, 0.6) is 0 Å². The lowest BCUT2D eigenvalue weighted by atomic mass is 10.1. The molecule has 0 spiro atoms. The number of aldehydes is 2. The van der Waals surface area contributed by atoms with Crippen LogP contribution in [0.15, 0.2) is 54.6 Å². The van der Waals surface area contributed by atoms with Crippen molar-refractivity contribution in [3.8, 4) is 0 Å². The van der Waals surface area contributed by atoms with Gasteiger partial charge in [0.15, 0.2) is 0 Å². The first-order chi connectivity index (χ1) is 16.4. The summed E-state index contributed by atoms with van der Waals surface area (Å²) < 4.78 is 0. The summed E-state index contributed by atoms with van der Waals surface area (Å²) in [5, 5.41) is 4.94. The summed E-state index contributed by atoms with van der Waals surface area (Å²) in [6.45, 7) is 0.250. The topological polar surface area (TPSA) is 133 Å². The van der Waals surface area contributed by atoms with Crippen LogP contribution in [0, 0.1) is 0 Å². The number of hydrogen-bond acceptors (Lipinski definition) is 6. The lowest BCUT2D eigenvalue weighted by molar-refractivity contribution is -0.123. The maximum absolute atomic E-state index is 12.6. The predicted octanol–water partition coefficient (Wildman–Crippen LogP) is 0.244. The van der Waals surface area contributed by atoms with E-state index in [4.69, 9.17) is 0 Å². The van der Waals surface area contributed by atoms with Gasteiger partial charge in [-0.1, -0.05) is 42.5 Å². The SMILES string of the molecule is CC(=O)N(CC(=O)NCC=O)c1ccccc1N(C=O)CC(=O)NC(C=O)Cc1ccccc1. The molecule has 0 saturated carbocycles. The van der Waals surface area contributed by atoms with Crippen molar-refractivity contribution in [2.75, 3.05) is 29.4 Å². The van der Waals surface area contributed by atoms with Crippen LogP contribution in [0.4, 0.5) is 11.4 Å². The molecule has 2 rings (SSSR count). The second kappa shape index (κ2) is 13.3. The Hall–Kier alpha value is -4.34. The quantitative estimate of drug-likeness (QED) is 0.407. The predicted molar refractivity (Wildman–Crippen MR) is 125 cm³/mol. The van der Waals surface area contributed by atoms with Gasteiger partial charge in [0.2, 0.25) is 24.1 Å². The summed E-state index contributed by atoms with van der Waals surface area (Å²) in [5.74, 6) is -1.62. The van der Waals surface area contributed by atoms with E-state index in [-0.39, 0.29) is 24.5 Å². The van der Waals surface area contributed by atoms with E-state index in [0.29, 0.717) is 25.4 Å². The molecule has 10 heteroatoms. The van der Waals surface area contributed by atoms with E-state index in [0.717, 1.165) is 15.4 Å². The molecule has 0 aliphatic carbocycles. The second-order valence-electron chi connectivity index (χ2n) is 7.30. The summed E-state index contributed by atoms with van der Waals surface area (Å²) in [4.78, 5) is 72.9. The first kappa shape index (κ1) is 25.9. The van der Waals surface area contributed by atoms with Gasteiger partial charge in [-0.25, -0.2) is 0 Å². The number of amides is 4. The number of carbonyl (C=O) groups excluding carboxylic acids is 6. The molecule has 0 heterocycles. The number of rotatable bonds is 13. The van der Waals surface area contributed by atoms with Crippen LogP contribution in [0.1, 0.15) is 12.5 Å². The van der Waals surface area contributed by atoms with Gasteiger partial charge in [0.05, 0.1) is 24.0 Å². The molecule has 0 aliphatic rings. The number of benzene rings is 2. The Bertz CT molecular complexity index is 1030. The number of nitrogens with one attached hydrogen (secondary N) is 2. The minimum atomic E-state index is -0.783. The molecule has 10 nitrogen and oxygen atoms in total. The monoisotopic (exact) mass is 466 g/mol. The van der Waals surface area contributed by atoms with Gasteiger partial charge in [-0.15, -0.1) is 0 Å². The van der Waals surface area contributed by atoms with E-state index in [9.17, 15) is 28.8 Å². The van der Waals surface area contributed by atoms with Gasteiger partial charge in [0, 0.05) is 6.92 Å². The Kier molecular flexibility index (Phi) is 10.1. The molecule has 2 aromatic rings. The molecule has 0 fully saturated rings. The van der Waals surface area contributed by atoms with E-state index >= 15 is 0 Å². The van der Waals surface area contributed by atoms with Crippen molar-refractivity contribution >= 4 is 48.1 Å². The molecule has 0 saturated heterocycles. The van der Waals surface area contributed by atoms with Crippen LogP contribution in [-0.4, -0.2) is 62.4 Å². The smallest absolute Gasteiger partial charge is 0.240 e. The maximum Gasteiger partial charge on any atom is 0.240 e. The van der Waals surface area contributed by atoms with Gasteiger partial charge in [-0.3, -0.25) is 19.2 Å². The molecule has 1 unspecified atom stereocenters. The first-order valence-corrected chi connectivity index (χ1v) is 10.5. The van der Waals surface area contributed by atoms with Gasteiger partial charge < -0.3 is 30.0 Å². The first-order valence-electron chi connectivity index (χ1n) is 10.5. The molecule has 178 valence electrons. The van der Waals surface area contributed by atoms with E-state index in [2.05, 4.69) is 10.6 Å². The third kappa shape index (κ3) is 7.66. The van der Waals surface area contributed by atoms with Crippen LogP contribution >= 0.6 is 0 Å². The molecule has 0 aromatic heterocycles. The molecule has 0 radical (unpaired) electrons. The van der Waals surface area contributed by atoms with Crippen molar-refractivity contribution in [1.29, 1.82) is 0 Å². The average Bonchev–Trinajstić information content (AvgIpc) is 2.84. The minimum absolute atomic E-state index is 0.201. The molecule has 1 atom stereocenters. The molecular weight excluding hydrogens is 440 g/mol. The highest BCUT2D eigenvalue weighted by molar-refractivity contribution is 6.02. The Labute approximate surface area is 196 Å². The zero-order valence-corrected chi connectivity index (χ0v) is 18.7. The number of para-hydroxylation sites is 2. The standard InChI is InChI=1S/C24H26N4O6/c1-18(32)28(15-23(33)25-11-12-29)22-10-6-5-9-21(22)27(17-31)14-24(34)26-20(16-30)13-19-7-3-2-4-8-19/h2-10,12,16-17,20H,11,13-15H2,1H3,(H,25,33)(H,26,34). The maximum atomic E-state index is 12.6. The lowest BCUT2D eigenvalue weighted by Gasteiger charge is -2.27. The average molecular weight is 466 g/mol. The van der Waals surface area contributed by atoms with E-state index in [1.807, 2.05) is 30.3 Å². The van der Waals surface area contributed by atoms with Crippen molar-refractivity contribution in [2.45, 2.75) is 19.4 Å². The van der Waals surface area contributed by atoms with Gasteiger partial charge in [0.25, 0.3) is 0 Å². The van der Waals surface area contributed by atoms with Crippen molar-refractivity contribution in [1.82, 2.24) is 10.6 Å². The highest BCUT2D eigenvalue weighted by Crippen LogP contribution is 2.28. The zero-order chi connectivity index (χ0) is 24.9.